The number of nitrogens with two attached hydrogens (primary N) is 1. The lowest BCUT2D eigenvalue weighted by molar-refractivity contribution is -0.194. The van der Waals surface area contributed by atoms with Crippen molar-refractivity contribution >= 4 is 34.0 Å². The molecule has 46 heavy (non-hydrogen) atoms. The standard InChI is InChI=1S/C30H30ClF5N6O4/c1-41-24-19-23(39-26(40-24)45-12-27-3-2-4-42(27)8-15(32)7-27)21(33)22(17-5-16(37)6-18(31)20(17)30(34,35)36)38-25(19)46-29(13-44-14-29)9-28(41)10-43-11-28/h5-6,15H,2-4,7-14,37H2,1H3/t15-,27+/m1/s1. The predicted octanol–water partition coefficient (Wildman–Crippen LogP) is 4.80. The van der Waals surface area contributed by atoms with Crippen LogP contribution in [-0.4, -0.2) is 95.9 Å². The van der Waals surface area contributed by atoms with Crippen LogP contribution < -0.4 is 20.1 Å². The summed E-state index contributed by atoms with van der Waals surface area (Å²) in [6.45, 7) is 2.11. The number of hydrogen-bond acceptors (Lipinski definition) is 10. The molecule has 0 amide bonds. The SMILES string of the molecule is CN1c2nc(OC[C@@]34CCCN3C[C@H](F)C4)nc3c(F)c(-c4cc(N)cc(Cl)c4C(F)(F)F)nc(c23)OC2(COC2)CC12COC2. The van der Waals surface area contributed by atoms with Gasteiger partial charge in [0, 0.05) is 37.7 Å². The topological polar surface area (TPSA) is 108 Å². The van der Waals surface area contributed by atoms with Crippen LogP contribution in [0.15, 0.2) is 12.1 Å². The number of fused-ring (bicyclic) bond motifs is 1. The summed E-state index contributed by atoms with van der Waals surface area (Å²) in [4.78, 5) is 17.4. The van der Waals surface area contributed by atoms with Crippen LogP contribution in [0, 0.1) is 5.82 Å². The Balaban J connectivity index is 1.34. The van der Waals surface area contributed by atoms with Gasteiger partial charge in [0.25, 0.3) is 0 Å². The normalized spacial score (nSPS) is 26.4. The van der Waals surface area contributed by atoms with Crippen LogP contribution in [0.5, 0.6) is 11.9 Å². The number of aromatic nitrogens is 3. The fourth-order valence-electron chi connectivity index (χ4n) is 7.72. The summed E-state index contributed by atoms with van der Waals surface area (Å²) in [5.41, 5.74) is 0.689. The van der Waals surface area contributed by atoms with Gasteiger partial charge < -0.3 is 29.6 Å². The van der Waals surface area contributed by atoms with Crippen molar-refractivity contribution in [1.29, 1.82) is 0 Å². The Bertz CT molecular complexity index is 1760. The number of benzene rings is 1. The van der Waals surface area contributed by atoms with Crippen LogP contribution >= 0.6 is 11.6 Å². The van der Waals surface area contributed by atoms with E-state index in [4.69, 9.17) is 36.3 Å². The van der Waals surface area contributed by atoms with Gasteiger partial charge in [0.15, 0.2) is 11.4 Å². The zero-order valence-electron chi connectivity index (χ0n) is 24.7. The number of rotatable bonds is 4. The average molecular weight is 669 g/mol. The van der Waals surface area contributed by atoms with Gasteiger partial charge >= 0.3 is 12.2 Å². The number of alkyl halides is 4. The van der Waals surface area contributed by atoms with Crippen LogP contribution in [0.4, 0.5) is 33.5 Å². The first kappa shape index (κ1) is 30.1. The van der Waals surface area contributed by atoms with Crippen molar-refractivity contribution in [3.05, 3.63) is 28.5 Å². The van der Waals surface area contributed by atoms with Crippen molar-refractivity contribution in [2.75, 3.05) is 63.8 Å². The van der Waals surface area contributed by atoms with Gasteiger partial charge in [-0.05, 0) is 31.5 Å². The third-order valence-corrected chi connectivity index (χ3v) is 10.4. The van der Waals surface area contributed by atoms with Gasteiger partial charge in [0.2, 0.25) is 5.88 Å². The minimum atomic E-state index is -4.97. The highest BCUT2D eigenvalue weighted by atomic mass is 35.5. The number of anilines is 2. The third kappa shape index (κ3) is 4.48. The molecule has 0 bridgehead atoms. The molecule has 3 aromatic rings. The fraction of sp³-hybridized carbons (Fsp3) is 0.567. The predicted molar refractivity (Wildman–Crippen MR) is 156 cm³/mol. The largest absolute Gasteiger partial charge is 0.465 e. The smallest absolute Gasteiger partial charge is 0.418 e. The van der Waals surface area contributed by atoms with Gasteiger partial charge in [-0.2, -0.15) is 23.1 Å². The average Bonchev–Trinajstić information content (AvgIpc) is 3.46. The van der Waals surface area contributed by atoms with Gasteiger partial charge in [0.1, 0.15) is 35.2 Å². The molecule has 246 valence electrons. The molecule has 2 N–H and O–H groups in total. The molecule has 0 unspecified atom stereocenters. The summed E-state index contributed by atoms with van der Waals surface area (Å²) in [5, 5.41) is -0.652. The second-order valence-electron chi connectivity index (χ2n) is 13.2. The summed E-state index contributed by atoms with van der Waals surface area (Å²) in [6, 6.07) is 1.71. The Morgan fingerprint density at radius 2 is 1.89 bits per heavy atom. The molecule has 5 aliphatic rings. The first-order valence-corrected chi connectivity index (χ1v) is 15.4. The minimum Gasteiger partial charge on any atom is -0.465 e. The van der Waals surface area contributed by atoms with Crippen molar-refractivity contribution in [2.24, 2.45) is 0 Å². The number of pyridine rings is 1. The van der Waals surface area contributed by atoms with Gasteiger partial charge in [-0.3, -0.25) is 4.90 Å². The van der Waals surface area contributed by atoms with Crippen molar-refractivity contribution in [1.82, 2.24) is 19.9 Å². The number of hydrogen-bond donors (Lipinski definition) is 1. The van der Waals surface area contributed by atoms with Crippen molar-refractivity contribution in [3.8, 4) is 23.1 Å². The molecule has 4 fully saturated rings. The summed E-state index contributed by atoms with van der Waals surface area (Å²) >= 11 is 6.04. The van der Waals surface area contributed by atoms with Crippen molar-refractivity contribution in [2.45, 2.75) is 54.7 Å². The molecule has 2 aromatic heterocycles. The molecule has 0 aliphatic carbocycles. The maximum atomic E-state index is 16.8. The van der Waals surface area contributed by atoms with E-state index in [2.05, 4.69) is 19.9 Å². The quantitative estimate of drug-likeness (QED) is 0.308. The van der Waals surface area contributed by atoms with E-state index in [1.165, 1.54) is 0 Å². The van der Waals surface area contributed by atoms with E-state index in [1.54, 1.807) is 7.05 Å². The summed E-state index contributed by atoms with van der Waals surface area (Å²) in [7, 11) is 1.78. The zero-order valence-corrected chi connectivity index (χ0v) is 25.5. The molecule has 5 aliphatic heterocycles. The maximum absolute atomic E-state index is 16.8. The summed E-state index contributed by atoms with van der Waals surface area (Å²) in [6.07, 6.45) is -3.67. The van der Waals surface area contributed by atoms with E-state index in [0.717, 1.165) is 31.5 Å². The van der Waals surface area contributed by atoms with Gasteiger partial charge in [-0.1, -0.05) is 11.6 Å². The van der Waals surface area contributed by atoms with E-state index in [1.807, 2.05) is 4.90 Å². The molecule has 0 radical (unpaired) electrons. The second-order valence-corrected chi connectivity index (χ2v) is 13.6. The van der Waals surface area contributed by atoms with Crippen molar-refractivity contribution in [3.63, 3.8) is 0 Å². The molecule has 1 aromatic carbocycles. The number of nitrogens with zero attached hydrogens (tertiary/aromatic N) is 5. The summed E-state index contributed by atoms with van der Waals surface area (Å²) in [5.74, 6) is -1.12. The number of ether oxygens (including phenoxy) is 4. The Morgan fingerprint density at radius 3 is 2.57 bits per heavy atom. The molecule has 2 atom stereocenters. The zero-order chi connectivity index (χ0) is 32.2. The second kappa shape index (κ2) is 10.1. The van der Waals surface area contributed by atoms with E-state index < -0.39 is 56.7 Å². The van der Waals surface area contributed by atoms with E-state index in [0.29, 0.717) is 26.2 Å². The monoisotopic (exact) mass is 668 g/mol. The number of nitrogen functional groups attached to an aromatic ring is 1. The Hall–Kier alpha value is -3.27. The first-order valence-electron chi connectivity index (χ1n) is 15.0. The molecular formula is C30H30ClF5N6O4. The minimum absolute atomic E-state index is 0.0576. The van der Waals surface area contributed by atoms with Crippen LogP contribution in [0.2, 0.25) is 5.02 Å². The van der Waals surface area contributed by atoms with Crippen LogP contribution in [0.3, 0.4) is 0 Å². The van der Waals surface area contributed by atoms with Crippen LogP contribution in [-0.2, 0) is 15.7 Å². The highest BCUT2D eigenvalue weighted by Gasteiger charge is 2.56. The van der Waals surface area contributed by atoms with Gasteiger partial charge in [0.05, 0.1) is 48.1 Å². The number of likely N-dealkylation sites (N-methyl/N-ethyl adjacent to an activating group) is 1. The van der Waals surface area contributed by atoms with E-state index in [9.17, 15) is 17.6 Å². The lowest BCUT2D eigenvalue weighted by Crippen LogP contribution is -2.69. The lowest BCUT2D eigenvalue weighted by Gasteiger charge is -2.55. The third-order valence-electron chi connectivity index (χ3n) is 10.1. The molecule has 16 heteroatoms. The number of halogens is 6. The van der Waals surface area contributed by atoms with E-state index >= 15 is 4.39 Å². The maximum Gasteiger partial charge on any atom is 0.418 e. The molecular weight excluding hydrogens is 639 g/mol. The molecule has 0 saturated carbocycles. The first-order chi connectivity index (χ1) is 21.8. The molecule has 7 heterocycles. The lowest BCUT2D eigenvalue weighted by atomic mass is 9.79. The molecule has 10 nitrogen and oxygen atoms in total. The van der Waals surface area contributed by atoms with Gasteiger partial charge in [-0.15, -0.1) is 0 Å². The Kier molecular flexibility index (Phi) is 6.62. The van der Waals surface area contributed by atoms with Crippen LogP contribution in [0.25, 0.3) is 22.2 Å². The Labute approximate surface area is 264 Å². The highest BCUT2D eigenvalue weighted by molar-refractivity contribution is 6.32. The fourth-order valence-corrected chi connectivity index (χ4v) is 8.06. The molecule has 4 saturated heterocycles. The van der Waals surface area contributed by atoms with Crippen molar-refractivity contribution < 1.29 is 40.9 Å². The summed E-state index contributed by atoms with van der Waals surface area (Å²) < 4.78 is 98.0. The molecule has 8 rings (SSSR count). The van der Waals surface area contributed by atoms with Gasteiger partial charge in [-0.25, -0.2) is 13.8 Å². The molecule has 2 spiro atoms. The van der Waals surface area contributed by atoms with Crippen LogP contribution in [0.1, 0.15) is 31.2 Å². The Morgan fingerprint density at radius 1 is 1.13 bits per heavy atom. The highest BCUT2D eigenvalue weighted by Crippen LogP contribution is 2.50. The van der Waals surface area contributed by atoms with E-state index in [-0.39, 0.29) is 60.5 Å².